The summed E-state index contributed by atoms with van der Waals surface area (Å²) in [7, 11) is -1.82. The van der Waals surface area contributed by atoms with Gasteiger partial charge in [0.05, 0.1) is 13.2 Å². The molecular formula is C17H34N2O4Si. The molecule has 0 spiro atoms. The van der Waals surface area contributed by atoms with E-state index in [1.54, 1.807) is 4.90 Å². The average Bonchev–Trinajstić information content (AvgIpc) is 2.48. The van der Waals surface area contributed by atoms with E-state index in [-0.39, 0.29) is 10.9 Å². The van der Waals surface area contributed by atoms with E-state index in [0.29, 0.717) is 32.8 Å². The second-order valence-electron chi connectivity index (χ2n) is 7.84. The fraction of sp³-hybridized carbons (Fsp3) is 0.882. The molecule has 7 heteroatoms. The lowest BCUT2D eigenvalue weighted by molar-refractivity contribution is -0.154. The molecule has 1 heterocycles. The number of carbonyl (C=O) groups excluding carboxylic acids is 2. The highest BCUT2D eigenvalue weighted by Crippen LogP contribution is 2.36. The van der Waals surface area contributed by atoms with Gasteiger partial charge in [0.1, 0.15) is 0 Å². The molecule has 0 radical (unpaired) electrons. The van der Waals surface area contributed by atoms with Gasteiger partial charge in [-0.15, -0.1) is 0 Å². The SMILES string of the molecule is CCCCOC(=O)C1NCCN(CCO[Si](C)(C)C(C)(C)C)C1=O. The molecule has 1 rings (SSSR count). The van der Waals surface area contributed by atoms with Gasteiger partial charge < -0.3 is 14.1 Å². The molecule has 1 N–H and O–H groups in total. The molecule has 0 aromatic heterocycles. The maximum Gasteiger partial charge on any atom is 0.332 e. The summed E-state index contributed by atoms with van der Waals surface area (Å²) in [5, 5.41) is 3.10. The van der Waals surface area contributed by atoms with Crippen LogP contribution in [0.2, 0.25) is 18.1 Å². The van der Waals surface area contributed by atoms with Crippen LogP contribution in [0.25, 0.3) is 0 Å². The Morgan fingerprint density at radius 3 is 2.58 bits per heavy atom. The van der Waals surface area contributed by atoms with Crippen molar-refractivity contribution in [3.05, 3.63) is 0 Å². The van der Waals surface area contributed by atoms with Crippen LogP contribution in [-0.4, -0.2) is 64.0 Å². The average molecular weight is 359 g/mol. The summed E-state index contributed by atoms with van der Waals surface area (Å²) in [6, 6.07) is -0.872. The van der Waals surface area contributed by atoms with E-state index in [0.717, 1.165) is 12.8 Å². The molecule has 0 aromatic rings. The van der Waals surface area contributed by atoms with E-state index in [9.17, 15) is 9.59 Å². The molecule has 0 aromatic carbocycles. The van der Waals surface area contributed by atoms with Gasteiger partial charge in [0, 0.05) is 19.6 Å². The van der Waals surface area contributed by atoms with Crippen molar-refractivity contribution in [2.45, 2.75) is 64.7 Å². The highest BCUT2D eigenvalue weighted by Gasteiger charge is 2.38. The summed E-state index contributed by atoms with van der Waals surface area (Å²) in [6.07, 6.45) is 1.77. The molecule has 1 atom stereocenters. The predicted octanol–water partition coefficient (Wildman–Crippen LogP) is 2.15. The van der Waals surface area contributed by atoms with Crippen molar-refractivity contribution in [2.24, 2.45) is 0 Å². The molecule has 1 saturated heterocycles. The summed E-state index contributed by atoms with van der Waals surface area (Å²) in [6.45, 7) is 15.6. The Balaban J connectivity index is 2.49. The molecule has 1 unspecified atom stereocenters. The maximum atomic E-state index is 12.5. The lowest BCUT2D eigenvalue weighted by atomic mass is 10.2. The molecule has 1 aliphatic rings. The molecule has 1 fully saturated rings. The summed E-state index contributed by atoms with van der Waals surface area (Å²) in [5.74, 6) is -0.676. The van der Waals surface area contributed by atoms with Crippen LogP contribution in [0, 0.1) is 0 Å². The molecule has 1 amide bonds. The van der Waals surface area contributed by atoms with Crippen LogP contribution < -0.4 is 5.32 Å². The minimum Gasteiger partial charge on any atom is -0.464 e. The third-order valence-corrected chi connectivity index (χ3v) is 9.44. The second-order valence-corrected chi connectivity index (χ2v) is 12.7. The van der Waals surface area contributed by atoms with Crippen molar-refractivity contribution < 1.29 is 18.8 Å². The Hall–Kier alpha value is -0.923. The first-order valence-corrected chi connectivity index (χ1v) is 11.8. The zero-order valence-electron chi connectivity index (χ0n) is 16.1. The van der Waals surface area contributed by atoms with Crippen LogP contribution in [0.15, 0.2) is 0 Å². The van der Waals surface area contributed by atoms with Crippen molar-refractivity contribution in [1.29, 1.82) is 0 Å². The molecule has 140 valence electrons. The highest BCUT2D eigenvalue weighted by molar-refractivity contribution is 6.74. The minimum atomic E-state index is -1.82. The number of nitrogens with zero attached hydrogens (tertiary/aromatic N) is 1. The van der Waals surface area contributed by atoms with Crippen LogP contribution in [0.4, 0.5) is 0 Å². The monoisotopic (exact) mass is 358 g/mol. The van der Waals surface area contributed by atoms with Gasteiger partial charge in [-0.05, 0) is 24.6 Å². The van der Waals surface area contributed by atoms with Gasteiger partial charge in [-0.25, -0.2) is 4.79 Å². The number of nitrogens with one attached hydrogen (secondary N) is 1. The fourth-order valence-corrected chi connectivity index (χ4v) is 3.19. The number of piperazine rings is 1. The first kappa shape index (κ1) is 21.1. The van der Waals surface area contributed by atoms with Crippen LogP contribution in [0.5, 0.6) is 0 Å². The smallest absolute Gasteiger partial charge is 0.332 e. The normalized spacial score (nSPS) is 19.5. The molecule has 6 nitrogen and oxygen atoms in total. The Bertz CT molecular complexity index is 435. The van der Waals surface area contributed by atoms with Gasteiger partial charge in [0.25, 0.3) is 5.91 Å². The van der Waals surface area contributed by atoms with Gasteiger partial charge in [-0.3, -0.25) is 10.1 Å². The lowest BCUT2D eigenvalue weighted by Gasteiger charge is -2.37. The molecule has 0 aliphatic carbocycles. The number of ether oxygens (including phenoxy) is 1. The molecular weight excluding hydrogens is 324 g/mol. The fourth-order valence-electron chi connectivity index (χ4n) is 2.16. The number of rotatable bonds is 8. The van der Waals surface area contributed by atoms with E-state index in [1.165, 1.54) is 0 Å². The Morgan fingerprint density at radius 2 is 2.00 bits per heavy atom. The number of amides is 1. The van der Waals surface area contributed by atoms with Gasteiger partial charge in [-0.2, -0.15) is 0 Å². The van der Waals surface area contributed by atoms with Gasteiger partial charge in [0.2, 0.25) is 0 Å². The lowest BCUT2D eigenvalue weighted by Crippen LogP contribution is -2.59. The van der Waals surface area contributed by atoms with Crippen molar-refractivity contribution in [3.63, 3.8) is 0 Å². The number of hydrogen-bond donors (Lipinski definition) is 1. The third kappa shape index (κ3) is 5.86. The summed E-state index contributed by atoms with van der Waals surface area (Å²) in [5.41, 5.74) is 0. The number of hydrogen-bond acceptors (Lipinski definition) is 5. The molecule has 24 heavy (non-hydrogen) atoms. The van der Waals surface area contributed by atoms with Gasteiger partial charge >= 0.3 is 5.97 Å². The van der Waals surface area contributed by atoms with Crippen LogP contribution >= 0.6 is 0 Å². The zero-order valence-corrected chi connectivity index (χ0v) is 17.1. The summed E-state index contributed by atoms with van der Waals surface area (Å²) in [4.78, 5) is 26.2. The third-order valence-electron chi connectivity index (χ3n) is 4.90. The first-order chi connectivity index (χ1) is 11.1. The van der Waals surface area contributed by atoms with Crippen molar-refractivity contribution >= 4 is 20.2 Å². The van der Waals surface area contributed by atoms with Crippen molar-refractivity contribution in [2.75, 3.05) is 32.8 Å². The second kappa shape index (κ2) is 8.96. The van der Waals surface area contributed by atoms with E-state index in [2.05, 4.69) is 39.2 Å². The van der Waals surface area contributed by atoms with E-state index < -0.39 is 20.3 Å². The van der Waals surface area contributed by atoms with Crippen LogP contribution in [0.3, 0.4) is 0 Å². The largest absolute Gasteiger partial charge is 0.464 e. The topological polar surface area (TPSA) is 67.9 Å². The first-order valence-electron chi connectivity index (χ1n) is 8.93. The van der Waals surface area contributed by atoms with Crippen molar-refractivity contribution in [3.8, 4) is 0 Å². The van der Waals surface area contributed by atoms with E-state index >= 15 is 0 Å². The highest BCUT2D eigenvalue weighted by atomic mass is 28.4. The standard InChI is InChI=1S/C17H34N2O4Si/c1-7-8-12-22-16(21)14-15(20)19(10-9-18-14)11-13-23-24(5,6)17(2,3)4/h14,18H,7-13H2,1-6H3. The van der Waals surface area contributed by atoms with E-state index in [4.69, 9.17) is 9.16 Å². The predicted molar refractivity (Wildman–Crippen MR) is 97.4 cm³/mol. The minimum absolute atomic E-state index is 0.145. The summed E-state index contributed by atoms with van der Waals surface area (Å²) >= 11 is 0. The van der Waals surface area contributed by atoms with E-state index in [1.807, 2.05) is 6.92 Å². The Labute approximate surface area is 147 Å². The number of esters is 1. The van der Waals surface area contributed by atoms with Crippen molar-refractivity contribution in [1.82, 2.24) is 10.2 Å². The molecule has 0 bridgehead atoms. The Kier molecular flexibility index (Phi) is 7.89. The maximum absolute atomic E-state index is 12.5. The molecule has 1 aliphatic heterocycles. The number of carbonyl (C=O) groups is 2. The quantitative estimate of drug-likeness (QED) is 0.312. The summed E-state index contributed by atoms with van der Waals surface area (Å²) < 4.78 is 11.3. The zero-order chi connectivity index (χ0) is 18.4. The van der Waals surface area contributed by atoms with Crippen LogP contribution in [0.1, 0.15) is 40.5 Å². The number of unbranched alkanes of at least 4 members (excludes halogenated alkanes) is 1. The molecule has 0 saturated carbocycles. The van der Waals surface area contributed by atoms with Gasteiger partial charge in [-0.1, -0.05) is 34.1 Å². The van der Waals surface area contributed by atoms with Gasteiger partial charge in [0.15, 0.2) is 14.4 Å². The Morgan fingerprint density at radius 1 is 1.33 bits per heavy atom. The van der Waals surface area contributed by atoms with Crippen LogP contribution in [-0.2, 0) is 18.8 Å².